The second-order valence-corrected chi connectivity index (χ2v) is 11.1. The van der Waals surface area contributed by atoms with Gasteiger partial charge >= 0.3 is 176 Å². The van der Waals surface area contributed by atoms with Crippen molar-refractivity contribution in [1.29, 1.82) is 0 Å². The van der Waals surface area contributed by atoms with Crippen LogP contribution in [0.5, 0.6) is 5.75 Å². The summed E-state index contributed by atoms with van der Waals surface area (Å²) in [5.74, 6) is 0.181. The third kappa shape index (κ3) is 4.27. The van der Waals surface area contributed by atoms with Crippen LogP contribution in [0.25, 0.3) is 0 Å². The molecule has 0 saturated heterocycles. The molecule has 0 fully saturated rings. The maximum absolute atomic E-state index is 12.5. The van der Waals surface area contributed by atoms with Gasteiger partial charge in [0.1, 0.15) is 0 Å². The van der Waals surface area contributed by atoms with Crippen molar-refractivity contribution in [3.05, 3.63) is 121 Å². The van der Waals surface area contributed by atoms with Crippen LogP contribution < -0.4 is 20.7 Å². The van der Waals surface area contributed by atoms with Crippen molar-refractivity contribution in [2.45, 2.75) is 12.8 Å². The summed E-state index contributed by atoms with van der Waals surface area (Å²) in [6.45, 7) is -2.82. The Morgan fingerprint density at radius 2 is 0.967 bits per heavy atom. The van der Waals surface area contributed by atoms with E-state index in [0.717, 1.165) is 11.7 Å². The molecule has 0 aliphatic heterocycles. The van der Waals surface area contributed by atoms with Gasteiger partial charge in [0.15, 0.2) is 0 Å². The molecule has 0 spiro atoms. The molecule has 0 saturated carbocycles. The summed E-state index contributed by atoms with van der Waals surface area (Å²) < 4.78 is 29.6. The zero-order chi connectivity index (χ0) is 20.8. The molecular weight excluding hydrogens is 397 g/mol. The van der Waals surface area contributed by atoms with Crippen molar-refractivity contribution in [2.24, 2.45) is 0 Å². The molecular formula is C26H23F2OP. The van der Waals surface area contributed by atoms with E-state index in [9.17, 15) is 8.78 Å². The van der Waals surface area contributed by atoms with Gasteiger partial charge < -0.3 is 0 Å². The van der Waals surface area contributed by atoms with Crippen molar-refractivity contribution in [1.82, 2.24) is 0 Å². The first kappa shape index (κ1) is 20.3. The van der Waals surface area contributed by atoms with Crippen molar-refractivity contribution in [3.8, 4) is 5.75 Å². The minimum atomic E-state index is -2.82. The predicted molar refractivity (Wildman–Crippen MR) is 123 cm³/mol. The van der Waals surface area contributed by atoms with Gasteiger partial charge in [-0.1, -0.05) is 0 Å². The molecule has 0 heterocycles. The van der Waals surface area contributed by atoms with E-state index < -0.39 is 13.9 Å². The second kappa shape index (κ2) is 9.19. The van der Waals surface area contributed by atoms with Gasteiger partial charge in [0, 0.05) is 0 Å². The molecule has 152 valence electrons. The number of alkyl halides is 2. The van der Waals surface area contributed by atoms with Gasteiger partial charge in [-0.2, -0.15) is 0 Å². The number of halogens is 2. The third-order valence-electron chi connectivity index (χ3n) is 5.42. The third-order valence-corrected chi connectivity index (χ3v) is 10.3. The Bertz CT molecular complexity index is 956. The van der Waals surface area contributed by atoms with E-state index in [1.807, 2.05) is 30.3 Å². The topological polar surface area (TPSA) is 9.23 Å². The van der Waals surface area contributed by atoms with Crippen molar-refractivity contribution < 1.29 is 13.5 Å². The van der Waals surface area contributed by atoms with Crippen LogP contribution in [0.4, 0.5) is 8.78 Å². The number of ether oxygens (including phenoxy) is 1. The Hall–Kier alpha value is -3.03. The van der Waals surface area contributed by atoms with E-state index in [4.69, 9.17) is 0 Å². The van der Waals surface area contributed by atoms with Gasteiger partial charge in [-0.05, 0) is 0 Å². The number of hydrogen-bond donors (Lipinski definition) is 0. The zero-order valence-electron chi connectivity index (χ0n) is 16.4. The van der Waals surface area contributed by atoms with Gasteiger partial charge in [0.05, 0.1) is 0 Å². The van der Waals surface area contributed by atoms with E-state index in [2.05, 4.69) is 77.5 Å². The molecule has 4 aromatic carbocycles. The normalized spacial score (nSPS) is 12.0. The van der Waals surface area contributed by atoms with Crippen LogP contribution in [0.1, 0.15) is 5.56 Å². The van der Waals surface area contributed by atoms with Gasteiger partial charge in [0.2, 0.25) is 0 Å². The van der Waals surface area contributed by atoms with Crippen molar-refractivity contribution in [3.63, 3.8) is 0 Å². The van der Waals surface area contributed by atoms with E-state index in [0.29, 0.717) is 0 Å². The quantitative estimate of drug-likeness (QED) is 0.358. The summed E-state index contributed by atoms with van der Waals surface area (Å²) in [4.78, 5) is 0. The van der Waals surface area contributed by atoms with Crippen LogP contribution in [0, 0.1) is 0 Å². The molecule has 0 bridgehead atoms. The Labute approximate surface area is 176 Å². The molecule has 30 heavy (non-hydrogen) atoms. The van der Waals surface area contributed by atoms with Gasteiger partial charge in [-0.3, -0.25) is 0 Å². The first-order valence-electron chi connectivity index (χ1n) is 9.89. The van der Waals surface area contributed by atoms with E-state index in [1.54, 1.807) is 12.1 Å². The van der Waals surface area contributed by atoms with Gasteiger partial charge in [-0.25, -0.2) is 0 Å². The Morgan fingerprint density at radius 3 is 1.33 bits per heavy atom. The van der Waals surface area contributed by atoms with Crippen molar-refractivity contribution in [2.75, 3.05) is 0 Å². The molecule has 4 rings (SSSR count). The molecule has 0 aliphatic rings. The first-order valence-corrected chi connectivity index (χ1v) is 12.1. The molecule has 0 unspecified atom stereocenters. The monoisotopic (exact) mass is 420 g/mol. The van der Waals surface area contributed by atoms with Crippen LogP contribution in [0.15, 0.2) is 115 Å². The molecule has 4 aromatic rings. The summed E-state index contributed by atoms with van der Waals surface area (Å²) in [5, 5.41) is 3.95. The average molecular weight is 420 g/mol. The molecule has 0 atom stereocenters. The molecule has 0 N–H and O–H groups in total. The van der Waals surface area contributed by atoms with Gasteiger partial charge in [0.25, 0.3) is 0 Å². The van der Waals surface area contributed by atoms with Crippen LogP contribution >= 0.6 is 7.26 Å². The summed E-state index contributed by atoms with van der Waals surface area (Å²) in [5.41, 5.74) is 1.10. The summed E-state index contributed by atoms with van der Waals surface area (Å²) in [7, 11) is -2.40. The van der Waals surface area contributed by atoms with Crippen LogP contribution in [-0.4, -0.2) is 6.61 Å². The average Bonchev–Trinajstić information content (AvgIpc) is 2.80. The summed E-state index contributed by atoms with van der Waals surface area (Å²) in [6, 6.07) is 38.9. The fraction of sp³-hybridized carbons (Fsp3) is 0.0769. The minimum absolute atomic E-state index is 0.181. The molecule has 4 heteroatoms. The van der Waals surface area contributed by atoms with E-state index in [-0.39, 0.29) is 5.75 Å². The fourth-order valence-corrected chi connectivity index (χ4v) is 8.81. The van der Waals surface area contributed by atoms with Crippen LogP contribution in [0.3, 0.4) is 0 Å². The van der Waals surface area contributed by atoms with Crippen LogP contribution in [0.2, 0.25) is 0 Å². The van der Waals surface area contributed by atoms with Crippen LogP contribution in [-0.2, 0) is 6.16 Å². The molecule has 0 aliphatic carbocycles. The molecule has 0 radical (unpaired) electrons. The number of rotatable bonds is 7. The number of hydrogen-bond acceptors (Lipinski definition) is 1. The van der Waals surface area contributed by atoms with Crippen molar-refractivity contribution >= 4 is 23.2 Å². The summed E-state index contributed by atoms with van der Waals surface area (Å²) >= 11 is 0. The Balaban J connectivity index is 1.87. The first-order chi connectivity index (χ1) is 14.7. The SMILES string of the molecule is FC(F)Oc1ccc(C[PH](c2ccccc2)(c2ccccc2)c2ccccc2)cc1. The fourth-order valence-electron chi connectivity index (χ4n) is 4.07. The maximum atomic E-state index is 12.5. The second-order valence-electron chi connectivity index (χ2n) is 7.20. The van der Waals surface area contributed by atoms with Gasteiger partial charge in [-0.15, -0.1) is 0 Å². The Morgan fingerprint density at radius 1 is 0.567 bits per heavy atom. The molecule has 0 amide bonds. The summed E-state index contributed by atoms with van der Waals surface area (Å²) in [6.07, 6.45) is 0.819. The zero-order valence-corrected chi connectivity index (χ0v) is 17.4. The number of benzene rings is 4. The molecule has 1 nitrogen and oxygen atoms in total. The predicted octanol–water partition coefficient (Wildman–Crippen LogP) is 5.51. The Kier molecular flexibility index (Phi) is 6.21. The van der Waals surface area contributed by atoms with E-state index >= 15 is 0 Å². The molecule has 0 aromatic heterocycles. The van der Waals surface area contributed by atoms with E-state index in [1.165, 1.54) is 15.9 Å². The standard InChI is InChI=1S/C26H23F2OP/c27-26(28)29-22-18-16-21(17-19-22)20-30(23-10-4-1-5-11-23,24-12-6-2-7-13-24)25-14-8-3-9-15-25/h1-19,26,30H,20H2.